The van der Waals surface area contributed by atoms with E-state index in [-0.39, 0.29) is 17.7 Å². The lowest BCUT2D eigenvalue weighted by Gasteiger charge is -2.31. The van der Waals surface area contributed by atoms with E-state index < -0.39 is 6.10 Å². The Hall–Kier alpha value is -1.46. The zero-order valence-corrected chi connectivity index (χ0v) is 13.0. The number of likely N-dealkylation sites (tertiary alicyclic amines) is 1. The monoisotopic (exact) mass is 309 g/mol. The molecule has 1 fully saturated rings. The van der Waals surface area contributed by atoms with Crippen LogP contribution in [0.15, 0.2) is 24.3 Å². The molecule has 0 aliphatic carbocycles. The Morgan fingerprint density at radius 1 is 1.45 bits per heavy atom. The van der Waals surface area contributed by atoms with Crippen LogP contribution < -0.4 is 0 Å². The van der Waals surface area contributed by atoms with Gasteiger partial charge >= 0.3 is 5.97 Å². The minimum Gasteiger partial charge on any atom is -0.466 e. The molecule has 2 atom stereocenters. The molecule has 1 aliphatic rings. The summed E-state index contributed by atoms with van der Waals surface area (Å²) in [5, 5.41) is 10.2. The van der Waals surface area contributed by atoms with Gasteiger partial charge in [-0.2, -0.15) is 0 Å². The van der Waals surface area contributed by atoms with E-state index >= 15 is 0 Å². The van der Waals surface area contributed by atoms with Gasteiger partial charge in [0.05, 0.1) is 18.6 Å². The van der Waals surface area contributed by atoms with E-state index in [1.54, 1.807) is 12.1 Å². The number of hydrogen-bond donors (Lipinski definition) is 1. The van der Waals surface area contributed by atoms with Gasteiger partial charge in [-0.15, -0.1) is 0 Å². The van der Waals surface area contributed by atoms with Gasteiger partial charge in [0.2, 0.25) is 0 Å². The van der Waals surface area contributed by atoms with Crippen molar-refractivity contribution in [3.63, 3.8) is 0 Å². The zero-order chi connectivity index (χ0) is 15.9. The van der Waals surface area contributed by atoms with Gasteiger partial charge in [0.1, 0.15) is 5.82 Å². The molecule has 1 N–H and O–H groups in total. The fraction of sp³-hybridized carbons (Fsp3) is 0.588. The smallest absolute Gasteiger partial charge is 0.310 e. The van der Waals surface area contributed by atoms with E-state index in [1.165, 1.54) is 12.1 Å². The normalized spacial score (nSPS) is 20.6. The number of rotatable bonds is 6. The van der Waals surface area contributed by atoms with Crippen molar-refractivity contribution in [2.24, 2.45) is 5.92 Å². The van der Waals surface area contributed by atoms with Gasteiger partial charge in [-0.3, -0.25) is 4.79 Å². The van der Waals surface area contributed by atoms with Crippen LogP contribution in [-0.2, 0) is 9.53 Å². The number of esters is 1. The Bertz CT molecular complexity index is 477. The zero-order valence-electron chi connectivity index (χ0n) is 13.0. The minimum atomic E-state index is -0.608. The van der Waals surface area contributed by atoms with Crippen LogP contribution in [0.2, 0.25) is 0 Å². The number of ether oxygens (including phenoxy) is 1. The van der Waals surface area contributed by atoms with Crippen LogP contribution in [0.3, 0.4) is 0 Å². The number of benzene rings is 1. The Balaban J connectivity index is 1.80. The van der Waals surface area contributed by atoms with E-state index in [2.05, 4.69) is 4.90 Å². The number of piperidine rings is 1. The summed E-state index contributed by atoms with van der Waals surface area (Å²) < 4.78 is 18.0. The first-order valence-corrected chi connectivity index (χ1v) is 7.92. The fourth-order valence-corrected chi connectivity index (χ4v) is 2.87. The molecule has 0 bridgehead atoms. The molecule has 1 aromatic carbocycles. The number of aliphatic hydroxyl groups is 1. The molecule has 5 heteroatoms. The van der Waals surface area contributed by atoms with Gasteiger partial charge in [-0.05, 0) is 50.4 Å². The molecule has 1 heterocycles. The van der Waals surface area contributed by atoms with Crippen LogP contribution in [0.25, 0.3) is 0 Å². The third kappa shape index (κ3) is 4.78. The molecule has 2 rings (SSSR count). The molecule has 0 saturated carbocycles. The fourth-order valence-electron chi connectivity index (χ4n) is 2.87. The van der Waals surface area contributed by atoms with Crippen LogP contribution in [0.1, 0.15) is 37.9 Å². The molecule has 1 aliphatic heterocycles. The average Bonchev–Trinajstić information content (AvgIpc) is 2.54. The molecular formula is C17H24FNO3. The van der Waals surface area contributed by atoms with Gasteiger partial charge in [-0.1, -0.05) is 12.1 Å². The second-order valence-corrected chi connectivity index (χ2v) is 5.75. The van der Waals surface area contributed by atoms with Gasteiger partial charge in [0, 0.05) is 13.1 Å². The van der Waals surface area contributed by atoms with E-state index in [0.717, 1.165) is 24.9 Å². The van der Waals surface area contributed by atoms with Crippen molar-refractivity contribution < 1.29 is 19.0 Å². The van der Waals surface area contributed by atoms with Gasteiger partial charge in [-0.25, -0.2) is 4.39 Å². The molecule has 4 nitrogen and oxygen atoms in total. The number of aliphatic hydroxyl groups excluding tert-OH is 1. The average molecular weight is 309 g/mol. The molecular weight excluding hydrogens is 285 g/mol. The first kappa shape index (κ1) is 16.9. The lowest BCUT2D eigenvalue weighted by atomic mass is 9.97. The van der Waals surface area contributed by atoms with Crippen molar-refractivity contribution in [2.75, 3.05) is 26.2 Å². The van der Waals surface area contributed by atoms with Crippen LogP contribution in [0.5, 0.6) is 0 Å². The molecule has 22 heavy (non-hydrogen) atoms. The SMILES string of the molecule is CCOC(=O)C1CCCN(CCC(O)c2ccc(F)cc2)C1. The standard InChI is InChI=1S/C17H24FNO3/c1-2-22-17(21)14-4-3-10-19(12-14)11-9-16(20)13-5-7-15(18)8-6-13/h5-8,14,16,20H,2-4,9-12H2,1H3. The van der Waals surface area contributed by atoms with Crippen molar-refractivity contribution in [1.82, 2.24) is 4.90 Å². The lowest BCUT2D eigenvalue weighted by molar-refractivity contribution is -0.149. The molecule has 1 aromatic rings. The highest BCUT2D eigenvalue weighted by molar-refractivity contribution is 5.72. The number of carbonyl (C=O) groups excluding carboxylic acids is 1. The van der Waals surface area contributed by atoms with Gasteiger partial charge < -0.3 is 14.7 Å². The maximum absolute atomic E-state index is 12.9. The number of hydrogen-bond acceptors (Lipinski definition) is 4. The van der Waals surface area contributed by atoms with E-state index in [4.69, 9.17) is 4.74 Å². The highest BCUT2D eigenvalue weighted by Gasteiger charge is 2.26. The highest BCUT2D eigenvalue weighted by Crippen LogP contribution is 2.21. The summed E-state index contributed by atoms with van der Waals surface area (Å²) in [5.74, 6) is -0.479. The third-order valence-corrected chi connectivity index (χ3v) is 4.10. The van der Waals surface area contributed by atoms with Crippen molar-refractivity contribution in [1.29, 1.82) is 0 Å². The van der Waals surface area contributed by atoms with Crippen molar-refractivity contribution in [2.45, 2.75) is 32.3 Å². The Labute approximate surface area is 130 Å². The van der Waals surface area contributed by atoms with Crippen molar-refractivity contribution in [3.05, 3.63) is 35.6 Å². The Morgan fingerprint density at radius 3 is 2.86 bits per heavy atom. The molecule has 0 amide bonds. The summed E-state index contributed by atoms with van der Waals surface area (Å²) in [7, 11) is 0. The lowest BCUT2D eigenvalue weighted by Crippen LogP contribution is -2.40. The number of nitrogens with zero attached hydrogens (tertiary/aromatic N) is 1. The second-order valence-electron chi connectivity index (χ2n) is 5.75. The molecule has 0 aromatic heterocycles. The van der Waals surface area contributed by atoms with E-state index in [9.17, 15) is 14.3 Å². The predicted molar refractivity (Wildman–Crippen MR) is 81.8 cm³/mol. The van der Waals surface area contributed by atoms with Crippen LogP contribution in [0.4, 0.5) is 4.39 Å². The molecule has 122 valence electrons. The molecule has 0 spiro atoms. The van der Waals surface area contributed by atoms with E-state index in [0.29, 0.717) is 26.1 Å². The minimum absolute atomic E-state index is 0.0586. The van der Waals surface area contributed by atoms with Gasteiger partial charge in [0.15, 0.2) is 0 Å². The van der Waals surface area contributed by atoms with Crippen LogP contribution in [-0.4, -0.2) is 42.2 Å². The molecule has 1 saturated heterocycles. The van der Waals surface area contributed by atoms with Gasteiger partial charge in [0.25, 0.3) is 0 Å². The summed E-state index contributed by atoms with van der Waals surface area (Å²) >= 11 is 0. The summed E-state index contributed by atoms with van der Waals surface area (Å²) in [6.45, 7) is 4.58. The Kier molecular flexibility index (Phi) is 6.34. The molecule has 2 unspecified atom stereocenters. The Morgan fingerprint density at radius 2 is 2.18 bits per heavy atom. The first-order chi connectivity index (χ1) is 10.6. The van der Waals surface area contributed by atoms with Crippen molar-refractivity contribution >= 4 is 5.97 Å². The first-order valence-electron chi connectivity index (χ1n) is 7.92. The predicted octanol–water partition coefficient (Wildman–Crippen LogP) is 2.52. The number of halogens is 1. The summed E-state index contributed by atoms with van der Waals surface area (Å²) in [4.78, 5) is 14.0. The second kappa shape index (κ2) is 8.25. The summed E-state index contributed by atoms with van der Waals surface area (Å²) in [6, 6.07) is 5.93. The maximum atomic E-state index is 12.9. The largest absolute Gasteiger partial charge is 0.466 e. The van der Waals surface area contributed by atoms with Crippen LogP contribution >= 0.6 is 0 Å². The summed E-state index contributed by atoms with van der Waals surface area (Å²) in [6.07, 6.45) is 1.80. The van der Waals surface area contributed by atoms with Crippen LogP contribution in [0, 0.1) is 11.7 Å². The van der Waals surface area contributed by atoms with E-state index in [1.807, 2.05) is 6.92 Å². The molecule has 0 radical (unpaired) electrons. The summed E-state index contributed by atoms with van der Waals surface area (Å²) in [5.41, 5.74) is 0.723. The quantitative estimate of drug-likeness (QED) is 0.820. The highest BCUT2D eigenvalue weighted by atomic mass is 19.1. The third-order valence-electron chi connectivity index (χ3n) is 4.10. The topological polar surface area (TPSA) is 49.8 Å². The van der Waals surface area contributed by atoms with Crippen molar-refractivity contribution in [3.8, 4) is 0 Å². The maximum Gasteiger partial charge on any atom is 0.310 e. The number of carbonyl (C=O) groups is 1.